The van der Waals surface area contributed by atoms with Crippen LogP contribution in [0.25, 0.3) is 0 Å². The van der Waals surface area contributed by atoms with E-state index in [0.717, 1.165) is 6.42 Å². The van der Waals surface area contributed by atoms with Crippen molar-refractivity contribution in [3.8, 4) is 5.75 Å². The highest BCUT2D eigenvalue weighted by Crippen LogP contribution is 2.33. The van der Waals surface area contributed by atoms with E-state index in [1.807, 2.05) is 42.5 Å². The largest absolute Gasteiger partial charge is 0.479 e. The van der Waals surface area contributed by atoms with Crippen LogP contribution >= 0.6 is 12.4 Å². The first-order valence-corrected chi connectivity index (χ1v) is 9.69. The maximum atomic E-state index is 12.8. The van der Waals surface area contributed by atoms with Crippen molar-refractivity contribution in [1.82, 2.24) is 4.90 Å². The van der Waals surface area contributed by atoms with E-state index >= 15 is 0 Å². The Morgan fingerprint density at radius 3 is 2.52 bits per heavy atom. The fraction of sp³-hybridized carbons (Fsp3) is 0.364. The zero-order valence-corrected chi connectivity index (χ0v) is 17.4. The van der Waals surface area contributed by atoms with Crippen molar-refractivity contribution < 1.29 is 14.3 Å². The molecule has 0 spiro atoms. The summed E-state index contributed by atoms with van der Waals surface area (Å²) in [4.78, 5) is 28.8. The maximum absolute atomic E-state index is 12.8. The molecular weight excluding hydrogens is 390 g/mol. The van der Waals surface area contributed by atoms with Gasteiger partial charge in [-0.05, 0) is 31.0 Å². The number of carbonyl (C=O) groups excluding carboxylic acids is 2. The lowest BCUT2D eigenvalue weighted by Gasteiger charge is -2.33. The number of halogens is 1. The van der Waals surface area contributed by atoms with E-state index < -0.39 is 6.10 Å². The molecule has 1 atom stereocenters. The SMILES string of the molecule is CC1Oc2ccccc2N(CCC(=O)N(CCN)CCc2ccccc2)C1=O.Cl. The standard InChI is InChI=1S/C22H27N3O3.ClH/c1-17-22(27)25(19-9-5-6-10-20(19)28-17)15-12-21(26)24(16-13-23)14-11-18-7-3-2-4-8-18;/h2-10,17H,11-16,23H2,1H3;1H. The first-order chi connectivity index (χ1) is 13.6. The van der Waals surface area contributed by atoms with Gasteiger partial charge in [0.05, 0.1) is 5.69 Å². The number of anilines is 1. The van der Waals surface area contributed by atoms with E-state index in [-0.39, 0.29) is 30.6 Å². The third-order valence-electron chi connectivity index (χ3n) is 4.89. The predicted octanol–water partition coefficient (Wildman–Crippen LogP) is 2.64. The smallest absolute Gasteiger partial charge is 0.267 e. The van der Waals surface area contributed by atoms with Gasteiger partial charge in [0.15, 0.2) is 6.10 Å². The number of rotatable bonds is 8. The zero-order valence-electron chi connectivity index (χ0n) is 16.6. The van der Waals surface area contributed by atoms with Gasteiger partial charge in [0.25, 0.3) is 5.91 Å². The molecule has 0 fully saturated rings. The van der Waals surface area contributed by atoms with Crippen LogP contribution in [0.4, 0.5) is 5.69 Å². The topological polar surface area (TPSA) is 75.9 Å². The average molecular weight is 418 g/mol. The molecular formula is C22H28ClN3O3. The third-order valence-corrected chi connectivity index (χ3v) is 4.89. The van der Waals surface area contributed by atoms with Gasteiger partial charge in [0.1, 0.15) is 5.75 Å². The lowest BCUT2D eigenvalue weighted by atomic mass is 10.1. The van der Waals surface area contributed by atoms with Crippen LogP contribution in [-0.2, 0) is 16.0 Å². The van der Waals surface area contributed by atoms with Crippen LogP contribution < -0.4 is 15.4 Å². The maximum Gasteiger partial charge on any atom is 0.267 e. The Hall–Kier alpha value is -2.57. The molecule has 1 aliphatic heterocycles. The summed E-state index contributed by atoms with van der Waals surface area (Å²) in [6.07, 6.45) is 0.480. The molecule has 0 aromatic heterocycles. The summed E-state index contributed by atoms with van der Waals surface area (Å²) < 4.78 is 5.65. The first kappa shape index (κ1) is 22.7. The number of benzene rings is 2. The molecule has 1 aliphatic rings. The molecule has 156 valence electrons. The predicted molar refractivity (Wildman–Crippen MR) is 117 cm³/mol. The van der Waals surface area contributed by atoms with Crippen LogP contribution in [0.3, 0.4) is 0 Å². The Kier molecular flexibility index (Phi) is 8.49. The summed E-state index contributed by atoms with van der Waals surface area (Å²) in [5, 5.41) is 0. The molecule has 2 aromatic carbocycles. The molecule has 6 nitrogen and oxygen atoms in total. The summed E-state index contributed by atoms with van der Waals surface area (Å²) in [6.45, 7) is 3.60. The summed E-state index contributed by atoms with van der Waals surface area (Å²) in [5.74, 6) is 0.553. The molecule has 7 heteroatoms. The highest BCUT2D eigenvalue weighted by atomic mass is 35.5. The van der Waals surface area contributed by atoms with E-state index in [2.05, 4.69) is 12.1 Å². The molecule has 29 heavy (non-hydrogen) atoms. The van der Waals surface area contributed by atoms with Gasteiger partial charge in [-0.1, -0.05) is 42.5 Å². The number of hydrogen-bond acceptors (Lipinski definition) is 4. The van der Waals surface area contributed by atoms with E-state index in [1.54, 1.807) is 16.7 Å². The van der Waals surface area contributed by atoms with Gasteiger partial charge in [-0.25, -0.2) is 0 Å². The number of amides is 2. The van der Waals surface area contributed by atoms with Gasteiger partial charge >= 0.3 is 0 Å². The van der Waals surface area contributed by atoms with Crippen LogP contribution in [0.5, 0.6) is 5.75 Å². The molecule has 0 radical (unpaired) electrons. The molecule has 0 saturated carbocycles. The number of hydrogen-bond donors (Lipinski definition) is 1. The van der Waals surface area contributed by atoms with Gasteiger partial charge in [0, 0.05) is 32.6 Å². The van der Waals surface area contributed by atoms with Crippen molar-refractivity contribution in [1.29, 1.82) is 0 Å². The highest BCUT2D eigenvalue weighted by molar-refractivity contribution is 6.00. The van der Waals surface area contributed by atoms with Crippen LogP contribution in [0, 0.1) is 0 Å². The van der Waals surface area contributed by atoms with E-state index in [0.29, 0.717) is 37.6 Å². The lowest BCUT2D eigenvalue weighted by molar-refractivity contribution is -0.131. The van der Waals surface area contributed by atoms with Gasteiger partial charge in [-0.15, -0.1) is 12.4 Å². The molecule has 1 heterocycles. The van der Waals surface area contributed by atoms with Crippen molar-refractivity contribution in [3.05, 3.63) is 60.2 Å². The molecule has 1 unspecified atom stereocenters. The van der Waals surface area contributed by atoms with Crippen LogP contribution in [0.2, 0.25) is 0 Å². The normalized spacial score (nSPS) is 15.2. The molecule has 0 aliphatic carbocycles. The fourth-order valence-electron chi connectivity index (χ4n) is 3.38. The number of nitrogens with two attached hydrogens (primary N) is 1. The second kappa shape index (κ2) is 10.8. The second-order valence-corrected chi connectivity index (χ2v) is 6.87. The van der Waals surface area contributed by atoms with Crippen LogP contribution in [-0.4, -0.2) is 49.0 Å². The Labute approximate surface area is 178 Å². The minimum atomic E-state index is -0.553. The number of nitrogens with zero attached hydrogens (tertiary/aromatic N) is 2. The summed E-state index contributed by atoms with van der Waals surface area (Å²) in [5.41, 5.74) is 7.60. The molecule has 0 saturated heterocycles. The van der Waals surface area contributed by atoms with Gasteiger partial charge in [0.2, 0.25) is 5.91 Å². The van der Waals surface area contributed by atoms with Crippen molar-refractivity contribution >= 4 is 29.9 Å². The minimum absolute atomic E-state index is 0. The van der Waals surface area contributed by atoms with Crippen molar-refractivity contribution in [2.24, 2.45) is 5.73 Å². The van der Waals surface area contributed by atoms with E-state index in [9.17, 15) is 9.59 Å². The van der Waals surface area contributed by atoms with Crippen LogP contribution in [0.1, 0.15) is 18.9 Å². The molecule has 0 bridgehead atoms. The number of para-hydroxylation sites is 2. The first-order valence-electron chi connectivity index (χ1n) is 9.69. The molecule has 3 rings (SSSR count). The minimum Gasteiger partial charge on any atom is -0.479 e. The summed E-state index contributed by atoms with van der Waals surface area (Å²) in [7, 11) is 0. The van der Waals surface area contributed by atoms with Gasteiger partial charge in [-0.3, -0.25) is 9.59 Å². The van der Waals surface area contributed by atoms with Gasteiger partial charge in [-0.2, -0.15) is 0 Å². The van der Waals surface area contributed by atoms with Crippen molar-refractivity contribution in [2.45, 2.75) is 25.9 Å². The van der Waals surface area contributed by atoms with Crippen molar-refractivity contribution in [3.63, 3.8) is 0 Å². The molecule has 2 N–H and O–H groups in total. The van der Waals surface area contributed by atoms with Crippen LogP contribution in [0.15, 0.2) is 54.6 Å². The Bertz CT molecular complexity index is 816. The quantitative estimate of drug-likeness (QED) is 0.716. The molecule has 2 amide bonds. The Balaban J connectivity index is 0.00000300. The second-order valence-electron chi connectivity index (χ2n) is 6.87. The van der Waals surface area contributed by atoms with E-state index in [4.69, 9.17) is 10.5 Å². The fourth-order valence-corrected chi connectivity index (χ4v) is 3.38. The number of ether oxygens (including phenoxy) is 1. The Morgan fingerprint density at radius 1 is 1.10 bits per heavy atom. The van der Waals surface area contributed by atoms with Crippen molar-refractivity contribution in [2.75, 3.05) is 31.1 Å². The number of carbonyl (C=O) groups is 2. The Morgan fingerprint density at radius 2 is 1.79 bits per heavy atom. The summed E-state index contributed by atoms with van der Waals surface area (Å²) in [6, 6.07) is 17.5. The molecule has 2 aromatic rings. The van der Waals surface area contributed by atoms with Gasteiger partial charge < -0.3 is 20.3 Å². The monoisotopic (exact) mass is 417 g/mol. The summed E-state index contributed by atoms with van der Waals surface area (Å²) >= 11 is 0. The number of fused-ring (bicyclic) bond motifs is 1. The zero-order chi connectivity index (χ0) is 19.9. The average Bonchev–Trinajstić information content (AvgIpc) is 2.72. The lowest BCUT2D eigenvalue weighted by Crippen LogP contribution is -2.46. The third kappa shape index (κ3) is 5.71. The highest BCUT2D eigenvalue weighted by Gasteiger charge is 2.31. The van der Waals surface area contributed by atoms with E-state index in [1.165, 1.54) is 5.56 Å².